The number of hydrogen-bond donors (Lipinski definition) is 1. The maximum Gasteiger partial charge on any atom is 0.228 e. The summed E-state index contributed by atoms with van der Waals surface area (Å²) < 4.78 is 26.0. The topological polar surface area (TPSA) is 93.6 Å². The SMILES string of the molecule is CN=c1sc2c(-c3ccc(Cl)cc3F)nc(N3C[C@@H](C)O[C@@H](c4cnn(C5CC5)c4)C3)nc2n1CCO. The Bertz CT molecular complexity index is 1530. The highest BCUT2D eigenvalue weighted by molar-refractivity contribution is 7.16. The molecule has 3 aromatic heterocycles. The summed E-state index contributed by atoms with van der Waals surface area (Å²) in [6.07, 6.45) is 5.99. The lowest BCUT2D eigenvalue weighted by Gasteiger charge is -2.36. The van der Waals surface area contributed by atoms with Gasteiger partial charge in [0.15, 0.2) is 10.4 Å². The first-order valence-corrected chi connectivity index (χ1v) is 13.5. The number of rotatable bonds is 6. The Morgan fingerprint density at radius 2 is 2.11 bits per heavy atom. The lowest BCUT2D eigenvalue weighted by Crippen LogP contribution is -2.43. The molecule has 6 rings (SSSR count). The summed E-state index contributed by atoms with van der Waals surface area (Å²) in [5, 5.41) is 14.6. The van der Waals surface area contributed by atoms with Crippen molar-refractivity contribution in [2.24, 2.45) is 4.99 Å². The molecule has 0 radical (unpaired) electrons. The van der Waals surface area contributed by atoms with Crippen LogP contribution in [0.1, 0.15) is 37.5 Å². The molecule has 194 valence electrons. The summed E-state index contributed by atoms with van der Waals surface area (Å²) in [6, 6.07) is 5.07. The molecule has 1 aromatic carbocycles. The highest BCUT2D eigenvalue weighted by Gasteiger charge is 2.32. The molecule has 1 saturated carbocycles. The van der Waals surface area contributed by atoms with E-state index in [1.165, 1.54) is 17.4 Å². The van der Waals surface area contributed by atoms with Crippen molar-refractivity contribution >= 4 is 39.2 Å². The van der Waals surface area contributed by atoms with E-state index >= 15 is 4.39 Å². The normalized spacial score (nSPS) is 20.8. The second-order valence-corrected chi connectivity index (χ2v) is 10.9. The van der Waals surface area contributed by atoms with Crippen molar-refractivity contribution in [3.8, 4) is 11.3 Å². The van der Waals surface area contributed by atoms with E-state index in [1.807, 2.05) is 22.4 Å². The number of morpholine rings is 1. The van der Waals surface area contributed by atoms with Crippen LogP contribution < -0.4 is 9.70 Å². The minimum absolute atomic E-state index is 0.0775. The Morgan fingerprint density at radius 1 is 1.27 bits per heavy atom. The fourth-order valence-corrected chi connectivity index (χ4v) is 5.99. The molecule has 9 nitrogen and oxygen atoms in total. The van der Waals surface area contributed by atoms with Gasteiger partial charge in [0.05, 0.1) is 43.7 Å². The monoisotopic (exact) mass is 543 g/mol. The van der Waals surface area contributed by atoms with Gasteiger partial charge in [0, 0.05) is 35.9 Å². The number of nitrogens with zero attached hydrogens (tertiary/aromatic N) is 7. The maximum absolute atomic E-state index is 15.1. The van der Waals surface area contributed by atoms with Gasteiger partial charge in [-0.3, -0.25) is 14.2 Å². The molecule has 2 aliphatic rings. The molecule has 4 aromatic rings. The lowest BCUT2D eigenvalue weighted by atomic mass is 10.1. The fraction of sp³-hybridized carbons (Fsp3) is 0.440. The van der Waals surface area contributed by atoms with Crippen LogP contribution in [0.3, 0.4) is 0 Å². The number of aliphatic hydroxyl groups is 1. The van der Waals surface area contributed by atoms with E-state index < -0.39 is 5.82 Å². The molecule has 2 atom stereocenters. The minimum atomic E-state index is -0.462. The third-order valence-electron chi connectivity index (χ3n) is 6.67. The Hall–Kier alpha value is -2.86. The van der Waals surface area contributed by atoms with Crippen molar-refractivity contribution in [3.63, 3.8) is 0 Å². The molecule has 0 unspecified atom stereocenters. The number of ether oxygens (including phenoxy) is 1. The van der Waals surface area contributed by atoms with E-state index in [0.29, 0.717) is 63.1 Å². The molecule has 1 saturated heterocycles. The van der Waals surface area contributed by atoms with Crippen LogP contribution in [0.5, 0.6) is 0 Å². The van der Waals surface area contributed by atoms with Crippen molar-refractivity contribution in [3.05, 3.63) is 51.8 Å². The van der Waals surface area contributed by atoms with Gasteiger partial charge in [-0.15, -0.1) is 0 Å². The summed E-state index contributed by atoms with van der Waals surface area (Å²) >= 11 is 7.41. The molecular formula is C25H27ClFN7O2S. The first kappa shape index (κ1) is 24.5. The first-order chi connectivity index (χ1) is 17.9. The van der Waals surface area contributed by atoms with Crippen LogP contribution in [0.25, 0.3) is 21.6 Å². The highest BCUT2D eigenvalue weighted by Crippen LogP contribution is 2.37. The number of benzene rings is 1. The highest BCUT2D eigenvalue weighted by atomic mass is 35.5. The number of halogens is 2. The first-order valence-electron chi connectivity index (χ1n) is 12.3. The van der Waals surface area contributed by atoms with Crippen molar-refractivity contribution in [1.29, 1.82) is 0 Å². The van der Waals surface area contributed by atoms with E-state index in [2.05, 4.69) is 21.2 Å². The molecule has 0 amide bonds. The van der Waals surface area contributed by atoms with E-state index in [1.54, 1.807) is 19.2 Å². The zero-order valence-electron chi connectivity index (χ0n) is 20.5. The van der Waals surface area contributed by atoms with Crippen LogP contribution in [0.15, 0.2) is 35.6 Å². The number of thiazole rings is 1. The van der Waals surface area contributed by atoms with Gasteiger partial charge in [0.1, 0.15) is 16.6 Å². The van der Waals surface area contributed by atoms with Gasteiger partial charge in [0.25, 0.3) is 0 Å². The number of anilines is 1. The number of fused-ring (bicyclic) bond motifs is 1. The van der Waals surface area contributed by atoms with Gasteiger partial charge in [-0.25, -0.2) is 9.37 Å². The third kappa shape index (κ3) is 4.65. The summed E-state index contributed by atoms with van der Waals surface area (Å²) in [5.41, 5.74) is 2.43. The molecule has 0 bridgehead atoms. The average molecular weight is 544 g/mol. The van der Waals surface area contributed by atoms with Crippen LogP contribution >= 0.6 is 22.9 Å². The van der Waals surface area contributed by atoms with Gasteiger partial charge < -0.3 is 14.7 Å². The molecule has 4 heterocycles. The smallest absolute Gasteiger partial charge is 0.228 e. The number of aliphatic hydroxyl groups excluding tert-OH is 1. The summed E-state index contributed by atoms with van der Waals surface area (Å²) in [5.74, 6) is 0.00925. The lowest BCUT2D eigenvalue weighted by molar-refractivity contribution is -0.0178. The summed E-state index contributed by atoms with van der Waals surface area (Å²) in [7, 11) is 1.69. The predicted octanol–water partition coefficient (Wildman–Crippen LogP) is 3.97. The molecule has 1 aliphatic heterocycles. The molecule has 1 N–H and O–H groups in total. The summed E-state index contributed by atoms with van der Waals surface area (Å²) in [6.45, 7) is 3.37. The Morgan fingerprint density at radius 3 is 2.84 bits per heavy atom. The Balaban J connectivity index is 1.47. The molecule has 37 heavy (non-hydrogen) atoms. The standard InChI is InChI=1S/C25H27ClFN7O2S/c1-14-11-32(13-20(36-14)15-10-29-34(12-15)17-4-5-17)24-30-21(18-6-3-16(26)9-19(18)27)22-23(31-24)33(7-8-35)25(28-2)37-22/h3,6,9-10,12,14,17,20,35H,4-5,7-8,11,13H2,1-2H3/t14-,20-/m1/s1. The Kier molecular flexibility index (Phi) is 6.47. The van der Waals surface area contributed by atoms with Crippen LogP contribution in [-0.4, -0.2) is 62.3 Å². The maximum atomic E-state index is 15.1. The van der Waals surface area contributed by atoms with Crippen molar-refractivity contribution in [2.75, 3.05) is 31.6 Å². The third-order valence-corrected chi connectivity index (χ3v) is 8.08. The van der Waals surface area contributed by atoms with E-state index in [9.17, 15) is 5.11 Å². The zero-order chi connectivity index (χ0) is 25.7. The number of hydrogen-bond acceptors (Lipinski definition) is 8. The predicted molar refractivity (Wildman–Crippen MR) is 140 cm³/mol. The van der Waals surface area contributed by atoms with Gasteiger partial charge >= 0.3 is 0 Å². The van der Waals surface area contributed by atoms with Crippen molar-refractivity contribution in [2.45, 2.75) is 44.6 Å². The van der Waals surface area contributed by atoms with Gasteiger partial charge in [-0.2, -0.15) is 10.1 Å². The van der Waals surface area contributed by atoms with Gasteiger partial charge in [-0.1, -0.05) is 22.9 Å². The van der Waals surface area contributed by atoms with Crippen LogP contribution in [0.4, 0.5) is 10.3 Å². The largest absolute Gasteiger partial charge is 0.395 e. The van der Waals surface area contributed by atoms with Crippen LogP contribution in [0.2, 0.25) is 5.02 Å². The summed E-state index contributed by atoms with van der Waals surface area (Å²) in [4.78, 5) is 16.9. The molecule has 0 spiro atoms. The molecule has 1 aliphatic carbocycles. The van der Waals surface area contributed by atoms with Gasteiger partial charge in [0.2, 0.25) is 5.95 Å². The minimum Gasteiger partial charge on any atom is -0.395 e. The van der Waals surface area contributed by atoms with E-state index in [-0.39, 0.29) is 18.8 Å². The Labute approximate surface area is 221 Å². The number of aromatic nitrogens is 5. The zero-order valence-corrected chi connectivity index (χ0v) is 22.1. The van der Waals surface area contributed by atoms with Crippen molar-refractivity contribution in [1.82, 2.24) is 24.3 Å². The van der Waals surface area contributed by atoms with Crippen molar-refractivity contribution < 1.29 is 14.2 Å². The van der Waals surface area contributed by atoms with Gasteiger partial charge in [-0.05, 0) is 38.0 Å². The van der Waals surface area contributed by atoms with Crippen LogP contribution in [-0.2, 0) is 11.3 Å². The second-order valence-electron chi connectivity index (χ2n) is 9.46. The molecular weight excluding hydrogens is 517 g/mol. The fourth-order valence-electron chi connectivity index (χ4n) is 4.77. The van der Waals surface area contributed by atoms with E-state index in [4.69, 9.17) is 26.3 Å². The van der Waals surface area contributed by atoms with Crippen LogP contribution in [0, 0.1) is 5.82 Å². The van der Waals surface area contributed by atoms with E-state index in [0.717, 1.165) is 18.4 Å². The molecule has 12 heteroatoms. The quantitative estimate of drug-likeness (QED) is 0.395. The average Bonchev–Trinajstić information content (AvgIpc) is 3.50. The second kappa shape index (κ2) is 9.79. The molecule has 2 fully saturated rings.